The minimum Gasteiger partial charge on any atom is -0.383 e. The van der Waals surface area contributed by atoms with Gasteiger partial charge < -0.3 is 19.7 Å². The van der Waals surface area contributed by atoms with Crippen LogP contribution < -0.4 is 5.32 Å². The molecule has 0 spiro atoms. The van der Waals surface area contributed by atoms with Crippen LogP contribution in [-0.4, -0.2) is 57.3 Å². The van der Waals surface area contributed by atoms with Crippen molar-refractivity contribution >= 4 is 17.2 Å². The number of nitrogens with zero attached hydrogens (tertiary/aromatic N) is 1. The Bertz CT molecular complexity index is 383. The van der Waals surface area contributed by atoms with Gasteiger partial charge in [-0.05, 0) is 22.4 Å². The average Bonchev–Trinajstić information content (AvgIpc) is 2.98. The molecule has 0 aliphatic carbocycles. The fourth-order valence-electron chi connectivity index (χ4n) is 2.02. The van der Waals surface area contributed by atoms with Crippen molar-refractivity contribution in [2.75, 3.05) is 46.5 Å². The minimum atomic E-state index is 0.0166. The van der Waals surface area contributed by atoms with Gasteiger partial charge in [0, 0.05) is 20.2 Å². The summed E-state index contributed by atoms with van der Waals surface area (Å²) >= 11 is 1.65. The summed E-state index contributed by atoms with van der Waals surface area (Å²) in [5, 5.41) is 7.19. The smallest absolute Gasteiger partial charge is 0.236 e. The number of thiophene rings is 1. The van der Waals surface area contributed by atoms with E-state index in [-0.39, 0.29) is 12.0 Å². The Labute approximate surface area is 117 Å². The second kappa shape index (κ2) is 7.59. The molecule has 106 valence electrons. The predicted molar refractivity (Wildman–Crippen MR) is 74.3 cm³/mol. The van der Waals surface area contributed by atoms with E-state index < -0.39 is 0 Å². The molecule has 2 rings (SSSR count). The van der Waals surface area contributed by atoms with E-state index in [9.17, 15) is 4.79 Å². The molecule has 0 saturated carbocycles. The molecule has 1 unspecified atom stereocenters. The number of hydrogen-bond donors (Lipinski definition) is 1. The van der Waals surface area contributed by atoms with Gasteiger partial charge in [-0.25, -0.2) is 0 Å². The average molecular weight is 284 g/mol. The largest absolute Gasteiger partial charge is 0.383 e. The van der Waals surface area contributed by atoms with Gasteiger partial charge in [0.15, 0.2) is 0 Å². The Morgan fingerprint density at radius 1 is 1.68 bits per heavy atom. The Hall–Kier alpha value is -0.950. The molecule has 1 saturated heterocycles. The summed E-state index contributed by atoms with van der Waals surface area (Å²) in [4.78, 5) is 13.9. The summed E-state index contributed by atoms with van der Waals surface area (Å²) in [5.74, 6) is 0.125. The van der Waals surface area contributed by atoms with Crippen molar-refractivity contribution in [1.29, 1.82) is 0 Å². The van der Waals surface area contributed by atoms with Crippen molar-refractivity contribution in [2.24, 2.45) is 0 Å². The first kappa shape index (κ1) is 14.5. The Morgan fingerprint density at radius 3 is 3.32 bits per heavy atom. The molecule has 2 heterocycles. The summed E-state index contributed by atoms with van der Waals surface area (Å²) in [6.45, 7) is 3.59. The number of hydrogen-bond acceptors (Lipinski definition) is 5. The highest BCUT2D eigenvalue weighted by molar-refractivity contribution is 7.07. The zero-order valence-electron chi connectivity index (χ0n) is 11.1. The molecule has 1 aromatic heterocycles. The summed E-state index contributed by atoms with van der Waals surface area (Å²) < 4.78 is 10.6. The molecule has 5 nitrogen and oxygen atoms in total. The lowest BCUT2D eigenvalue weighted by Gasteiger charge is -2.32. The normalized spacial score (nSPS) is 19.6. The van der Waals surface area contributed by atoms with Crippen LogP contribution in [0.5, 0.6) is 0 Å². The van der Waals surface area contributed by atoms with Gasteiger partial charge in [-0.3, -0.25) is 4.79 Å². The van der Waals surface area contributed by atoms with Crippen molar-refractivity contribution in [1.82, 2.24) is 10.2 Å². The molecule has 19 heavy (non-hydrogen) atoms. The van der Waals surface area contributed by atoms with Crippen molar-refractivity contribution in [2.45, 2.75) is 6.10 Å². The number of nitrogens with one attached hydrogen (secondary N) is 1. The molecular weight excluding hydrogens is 264 g/mol. The minimum absolute atomic E-state index is 0.0166. The van der Waals surface area contributed by atoms with Crippen LogP contribution in [0.25, 0.3) is 0 Å². The van der Waals surface area contributed by atoms with Crippen LogP contribution >= 0.6 is 11.3 Å². The summed E-state index contributed by atoms with van der Waals surface area (Å²) in [6, 6.07) is 2.06. The molecule has 1 aliphatic heterocycles. The molecule has 6 heteroatoms. The van der Waals surface area contributed by atoms with E-state index in [4.69, 9.17) is 9.47 Å². The third-order valence-electron chi connectivity index (χ3n) is 3.09. The number of morpholine rings is 1. The van der Waals surface area contributed by atoms with Crippen LogP contribution in [0.2, 0.25) is 0 Å². The molecule has 1 aliphatic rings. The Kier molecular flexibility index (Phi) is 5.78. The molecule has 1 aromatic rings. The molecule has 0 bridgehead atoms. The van der Waals surface area contributed by atoms with Gasteiger partial charge in [0.2, 0.25) is 5.91 Å². The molecule has 0 radical (unpaired) electrons. The lowest BCUT2D eigenvalue weighted by atomic mass is 10.1. The number of rotatable bonds is 6. The molecule has 0 aromatic carbocycles. The lowest BCUT2D eigenvalue weighted by Crippen LogP contribution is -2.46. The third-order valence-corrected chi connectivity index (χ3v) is 3.79. The highest BCUT2D eigenvalue weighted by Crippen LogP contribution is 2.23. The van der Waals surface area contributed by atoms with Crippen molar-refractivity contribution in [3.8, 4) is 0 Å². The van der Waals surface area contributed by atoms with Crippen LogP contribution in [0.15, 0.2) is 16.8 Å². The highest BCUT2D eigenvalue weighted by atomic mass is 32.1. The fourth-order valence-corrected chi connectivity index (χ4v) is 2.72. The van der Waals surface area contributed by atoms with Crippen LogP contribution in [0.4, 0.5) is 0 Å². The number of methoxy groups -OCH3 is 1. The van der Waals surface area contributed by atoms with Crippen LogP contribution in [-0.2, 0) is 14.3 Å². The van der Waals surface area contributed by atoms with E-state index in [2.05, 4.69) is 16.8 Å². The van der Waals surface area contributed by atoms with E-state index >= 15 is 0 Å². The first-order valence-electron chi connectivity index (χ1n) is 6.42. The van der Waals surface area contributed by atoms with Gasteiger partial charge in [0.1, 0.15) is 6.10 Å². The maximum atomic E-state index is 12.0. The van der Waals surface area contributed by atoms with Gasteiger partial charge in [0.25, 0.3) is 0 Å². The third kappa shape index (κ3) is 4.28. The van der Waals surface area contributed by atoms with E-state index in [1.54, 1.807) is 18.4 Å². The van der Waals surface area contributed by atoms with Gasteiger partial charge in [-0.1, -0.05) is 0 Å². The zero-order chi connectivity index (χ0) is 13.5. The topological polar surface area (TPSA) is 50.8 Å². The lowest BCUT2D eigenvalue weighted by molar-refractivity contribution is -0.138. The quantitative estimate of drug-likeness (QED) is 0.788. The van der Waals surface area contributed by atoms with Crippen LogP contribution in [0, 0.1) is 0 Å². The van der Waals surface area contributed by atoms with Gasteiger partial charge in [0.05, 0.1) is 26.3 Å². The second-order valence-electron chi connectivity index (χ2n) is 4.43. The van der Waals surface area contributed by atoms with E-state index in [1.807, 2.05) is 10.3 Å². The van der Waals surface area contributed by atoms with Crippen molar-refractivity contribution in [3.63, 3.8) is 0 Å². The second-order valence-corrected chi connectivity index (χ2v) is 5.21. The Morgan fingerprint density at radius 2 is 2.58 bits per heavy atom. The van der Waals surface area contributed by atoms with Gasteiger partial charge >= 0.3 is 0 Å². The van der Waals surface area contributed by atoms with E-state index in [0.29, 0.717) is 39.4 Å². The van der Waals surface area contributed by atoms with Crippen LogP contribution in [0.1, 0.15) is 11.7 Å². The maximum Gasteiger partial charge on any atom is 0.236 e. The molecule has 1 atom stereocenters. The monoisotopic (exact) mass is 284 g/mol. The molecule has 1 fully saturated rings. The van der Waals surface area contributed by atoms with Crippen molar-refractivity contribution in [3.05, 3.63) is 22.4 Å². The van der Waals surface area contributed by atoms with Crippen LogP contribution in [0.3, 0.4) is 0 Å². The zero-order valence-corrected chi connectivity index (χ0v) is 11.9. The van der Waals surface area contributed by atoms with Gasteiger partial charge in [-0.15, -0.1) is 0 Å². The number of carbonyl (C=O) groups is 1. The maximum absolute atomic E-state index is 12.0. The molecular formula is C13H20N2O3S. The number of amides is 1. The SMILES string of the molecule is COCCNCC(=O)N1CCOC(c2ccsc2)C1. The van der Waals surface area contributed by atoms with Gasteiger partial charge in [-0.2, -0.15) is 11.3 Å². The number of ether oxygens (including phenoxy) is 2. The standard InChI is InChI=1S/C13H20N2O3S/c1-17-5-3-14-8-13(16)15-4-6-18-12(9-15)11-2-7-19-10-11/h2,7,10,12,14H,3-6,8-9H2,1H3. The molecule has 1 amide bonds. The number of carbonyl (C=O) groups excluding carboxylic acids is 1. The molecule has 1 N–H and O–H groups in total. The first-order chi connectivity index (χ1) is 9.31. The van der Waals surface area contributed by atoms with Crippen molar-refractivity contribution < 1.29 is 14.3 Å². The Balaban J connectivity index is 1.78. The summed E-state index contributed by atoms with van der Waals surface area (Å²) in [7, 11) is 1.65. The van der Waals surface area contributed by atoms with E-state index in [1.165, 1.54) is 0 Å². The van der Waals surface area contributed by atoms with E-state index in [0.717, 1.165) is 5.56 Å². The fraction of sp³-hybridized carbons (Fsp3) is 0.615. The highest BCUT2D eigenvalue weighted by Gasteiger charge is 2.25. The summed E-state index contributed by atoms with van der Waals surface area (Å²) in [5.41, 5.74) is 1.16. The first-order valence-corrected chi connectivity index (χ1v) is 7.36. The predicted octanol–water partition coefficient (Wildman–Crippen LogP) is 0.884. The summed E-state index contributed by atoms with van der Waals surface area (Å²) in [6.07, 6.45) is 0.0166.